The van der Waals surface area contributed by atoms with E-state index in [0.29, 0.717) is 0 Å². The van der Waals surface area contributed by atoms with Crippen molar-refractivity contribution in [3.63, 3.8) is 0 Å². The molecule has 58 heavy (non-hydrogen) atoms. The number of anilines is 3. The van der Waals surface area contributed by atoms with Gasteiger partial charge in [0.25, 0.3) is 0 Å². The molecular weight excluding hydrogens is 703 g/mol. The van der Waals surface area contributed by atoms with Crippen molar-refractivity contribution in [2.75, 3.05) is 4.90 Å². The Bertz CT molecular complexity index is 3300. The van der Waals surface area contributed by atoms with Crippen LogP contribution in [-0.4, -0.2) is 0 Å². The molecule has 0 aliphatic rings. The molecule has 0 amide bonds. The second-order valence-corrected chi connectivity index (χ2v) is 14.9. The normalized spacial score (nSPS) is 11.4. The highest BCUT2D eigenvalue weighted by Crippen LogP contribution is 2.47. The highest BCUT2D eigenvalue weighted by Gasteiger charge is 2.23. The lowest BCUT2D eigenvalue weighted by Crippen LogP contribution is -2.11. The summed E-state index contributed by atoms with van der Waals surface area (Å²) in [5.41, 5.74) is 14.1. The van der Waals surface area contributed by atoms with Crippen LogP contribution in [0.4, 0.5) is 17.1 Å². The van der Waals surface area contributed by atoms with Gasteiger partial charge in [-0.15, -0.1) is 0 Å². The van der Waals surface area contributed by atoms with Crippen molar-refractivity contribution in [3.8, 4) is 44.5 Å². The summed E-state index contributed by atoms with van der Waals surface area (Å²) in [5.74, 6) is 0. The van der Waals surface area contributed by atoms with Crippen LogP contribution >= 0.6 is 0 Å². The van der Waals surface area contributed by atoms with Gasteiger partial charge in [-0.3, -0.25) is 0 Å². The third-order valence-electron chi connectivity index (χ3n) is 11.4. The van der Waals surface area contributed by atoms with Crippen molar-refractivity contribution < 1.29 is 4.42 Å². The molecule has 0 radical (unpaired) electrons. The SMILES string of the molecule is c1ccc(-c2ccccc2-c2cccc(N(c3cccc(-c4ccc5ccccc5c4)c3)c3ccc(-c4ccc5ccccc5c4)c4oc5ccccc5c34)c2)cc1. The van der Waals surface area contributed by atoms with Crippen LogP contribution < -0.4 is 4.90 Å². The van der Waals surface area contributed by atoms with Crippen LogP contribution in [0.5, 0.6) is 0 Å². The summed E-state index contributed by atoms with van der Waals surface area (Å²) in [6.45, 7) is 0. The van der Waals surface area contributed by atoms with E-state index in [0.717, 1.165) is 61.3 Å². The summed E-state index contributed by atoms with van der Waals surface area (Å²) < 4.78 is 6.88. The first-order chi connectivity index (χ1) is 28.7. The van der Waals surface area contributed by atoms with Crippen molar-refractivity contribution in [3.05, 3.63) is 224 Å². The van der Waals surface area contributed by atoms with Crippen LogP contribution in [0, 0.1) is 0 Å². The van der Waals surface area contributed by atoms with E-state index in [-0.39, 0.29) is 0 Å². The average molecular weight is 740 g/mol. The molecule has 0 aliphatic heterocycles. The Labute approximate surface area is 337 Å². The van der Waals surface area contributed by atoms with Crippen molar-refractivity contribution in [2.24, 2.45) is 0 Å². The molecule has 0 unspecified atom stereocenters. The number of benzene rings is 10. The zero-order valence-corrected chi connectivity index (χ0v) is 31.7. The van der Waals surface area contributed by atoms with E-state index in [4.69, 9.17) is 4.42 Å². The number of furan rings is 1. The van der Waals surface area contributed by atoms with Crippen LogP contribution in [0.1, 0.15) is 0 Å². The molecule has 1 aromatic heterocycles. The van der Waals surface area contributed by atoms with E-state index in [9.17, 15) is 0 Å². The lowest BCUT2D eigenvalue weighted by molar-refractivity contribution is 0.670. The Hall–Kier alpha value is -7.68. The molecule has 0 bridgehead atoms. The molecule has 0 aliphatic carbocycles. The third-order valence-corrected chi connectivity index (χ3v) is 11.4. The van der Waals surface area contributed by atoms with Crippen LogP contribution in [0.15, 0.2) is 229 Å². The van der Waals surface area contributed by atoms with Gasteiger partial charge in [-0.25, -0.2) is 0 Å². The standard InChI is InChI=1S/C56H37NO/c1-2-16-40(17-3-1)49-24-8-9-25-50(49)45-21-13-23-48(37-45)57(47-22-12-20-43(36-47)44-30-28-38-14-4-6-18-41(38)34-44)53-33-32-51(46-31-29-39-15-5-7-19-42(39)35-46)56-55(53)52-26-10-11-27-54(52)58-56/h1-37H. The van der Waals surface area contributed by atoms with Crippen molar-refractivity contribution >= 4 is 60.5 Å². The fraction of sp³-hybridized carbons (Fsp3) is 0. The molecular formula is C56H37NO. The van der Waals surface area contributed by atoms with Gasteiger partial charge in [0, 0.05) is 22.3 Å². The average Bonchev–Trinajstić information content (AvgIpc) is 3.69. The van der Waals surface area contributed by atoms with Gasteiger partial charge in [-0.1, -0.05) is 170 Å². The smallest absolute Gasteiger partial charge is 0.145 e. The van der Waals surface area contributed by atoms with Crippen molar-refractivity contribution in [1.29, 1.82) is 0 Å². The minimum Gasteiger partial charge on any atom is -0.455 e. The summed E-state index contributed by atoms with van der Waals surface area (Å²) in [5, 5.41) is 7.03. The van der Waals surface area contributed by atoms with Gasteiger partial charge in [0.05, 0.1) is 11.1 Å². The van der Waals surface area contributed by atoms with Gasteiger partial charge in [-0.05, 0) is 115 Å². The lowest BCUT2D eigenvalue weighted by atomic mass is 9.94. The molecule has 0 saturated carbocycles. The molecule has 11 rings (SSSR count). The summed E-state index contributed by atoms with van der Waals surface area (Å²) >= 11 is 0. The van der Waals surface area contributed by atoms with Crippen LogP contribution in [0.2, 0.25) is 0 Å². The number of nitrogens with zero attached hydrogens (tertiary/aromatic N) is 1. The highest BCUT2D eigenvalue weighted by molar-refractivity contribution is 6.17. The second-order valence-electron chi connectivity index (χ2n) is 14.9. The fourth-order valence-electron chi connectivity index (χ4n) is 8.62. The molecule has 2 nitrogen and oxygen atoms in total. The molecule has 272 valence electrons. The Morgan fingerprint density at radius 3 is 1.57 bits per heavy atom. The molecule has 1 heterocycles. The first-order valence-electron chi connectivity index (χ1n) is 19.8. The van der Waals surface area contributed by atoms with Crippen LogP contribution in [-0.2, 0) is 0 Å². The molecule has 0 saturated heterocycles. The van der Waals surface area contributed by atoms with Gasteiger partial charge in [-0.2, -0.15) is 0 Å². The summed E-state index contributed by atoms with van der Waals surface area (Å²) in [6.07, 6.45) is 0. The summed E-state index contributed by atoms with van der Waals surface area (Å²) in [7, 11) is 0. The zero-order chi connectivity index (χ0) is 38.4. The predicted molar refractivity (Wildman–Crippen MR) is 245 cm³/mol. The molecule has 11 aromatic rings. The number of hydrogen-bond acceptors (Lipinski definition) is 2. The van der Waals surface area contributed by atoms with Gasteiger partial charge >= 0.3 is 0 Å². The van der Waals surface area contributed by atoms with Crippen molar-refractivity contribution in [2.45, 2.75) is 0 Å². The van der Waals surface area contributed by atoms with Gasteiger partial charge < -0.3 is 9.32 Å². The maximum absolute atomic E-state index is 6.88. The number of para-hydroxylation sites is 1. The van der Waals surface area contributed by atoms with E-state index in [2.05, 4.69) is 229 Å². The maximum atomic E-state index is 6.88. The van der Waals surface area contributed by atoms with E-state index >= 15 is 0 Å². The molecule has 2 heteroatoms. The lowest BCUT2D eigenvalue weighted by Gasteiger charge is -2.28. The van der Waals surface area contributed by atoms with Gasteiger partial charge in [0.2, 0.25) is 0 Å². The zero-order valence-electron chi connectivity index (χ0n) is 31.7. The number of hydrogen-bond donors (Lipinski definition) is 0. The minimum absolute atomic E-state index is 0.863. The Balaban J connectivity index is 1.15. The van der Waals surface area contributed by atoms with E-state index in [1.165, 1.54) is 43.8 Å². The monoisotopic (exact) mass is 739 g/mol. The van der Waals surface area contributed by atoms with Crippen molar-refractivity contribution in [1.82, 2.24) is 0 Å². The van der Waals surface area contributed by atoms with E-state index in [1.807, 2.05) is 0 Å². The van der Waals surface area contributed by atoms with Crippen LogP contribution in [0.25, 0.3) is 88.0 Å². The first kappa shape index (κ1) is 33.6. The van der Waals surface area contributed by atoms with E-state index in [1.54, 1.807) is 0 Å². The minimum atomic E-state index is 0.863. The molecule has 0 spiro atoms. The second kappa shape index (κ2) is 14.1. The van der Waals surface area contributed by atoms with Crippen LogP contribution in [0.3, 0.4) is 0 Å². The predicted octanol–water partition coefficient (Wildman–Crippen LogP) is 16.0. The quantitative estimate of drug-likeness (QED) is 0.162. The molecule has 0 fully saturated rings. The summed E-state index contributed by atoms with van der Waals surface area (Å²) in [4.78, 5) is 2.41. The molecule has 0 atom stereocenters. The van der Waals surface area contributed by atoms with Gasteiger partial charge in [0.15, 0.2) is 0 Å². The van der Waals surface area contributed by atoms with Gasteiger partial charge in [0.1, 0.15) is 11.2 Å². The number of rotatable bonds is 7. The largest absolute Gasteiger partial charge is 0.455 e. The number of fused-ring (bicyclic) bond motifs is 5. The maximum Gasteiger partial charge on any atom is 0.145 e. The fourth-order valence-corrected chi connectivity index (χ4v) is 8.62. The highest BCUT2D eigenvalue weighted by atomic mass is 16.3. The molecule has 10 aromatic carbocycles. The first-order valence-corrected chi connectivity index (χ1v) is 19.8. The Morgan fingerprint density at radius 2 is 0.828 bits per heavy atom. The topological polar surface area (TPSA) is 16.4 Å². The third kappa shape index (κ3) is 5.91. The molecule has 0 N–H and O–H groups in total. The van der Waals surface area contributed by atoms with E-state index < -0.39 is 0 Å². The Kier molecular flexibility index (Phi) is 8.19. The summed E-state index contributed by atoms with van der Waals surface area (Å²) in [6, 6.07) is 80.7. The Morgan fingerprint density at radius 1 is 0.310 bits per heavy atom.